The molecule has 5 nitrogen and oxygen atoms in total. The molecule has 2 aromatic carbocycles. The molecular formula is C20H23NO4. The summed E-state index contributed by atoms with van der Waals surface area (Å²) in [6.45, 7) is 6.29. The van der Waals surface area contributed by atoms with Gasteiger partial charge in [0.25, 0.3) is 0 Å². The highest BCUT2D eigenvalue weighted by Gasteiger charge is 2.10. The molecule has 0 fully saturated rings. The molecule has 0 aliphatic carbocycles. The number of carboxylic acids is 1. The molecule has 0 aliphatic rings. The van der Waals surface area contributed by atoms with Gasteiger partial charge in [-0.25, -0.2) is 0 Å². The van der Waals surface area contributed by atoms with E-state index in [4.69, 9.17) is 9.84 Å². The Morgan fingerprint density at radius 2 is 1.84 bits per heavy atom. The predicted octanol–water partition coefficient (Wildman–Crippen LogP) is 3.65. The van der Waals surface area contributed by atoms with Crippen molar-refractivity contribution >= 4 is 17.6 Å². The molecule has 132 valence electrons. The van der Waals surface area contributed by atoms with Gasteiger partial charge in [0.05, 0.1) is 19.4 Å². The number of aryl methyl sites for hydroxylation is 2. The summed E-state index contributed by atoms with van der Waals surface area (Å²) in [5, 5.41) is 11.7. The van der Waals surface area contributed by atoms with Crippen molar-refractivity contribution in [1.82, 2.24) is 0 Å². The number of carbonyl (C=O) groups is 2. The SMILES string of the molecule is Cc1cc(C)c(C)c(OCCC(=O)Nc2ccccc2CC(=O)O)c1. The summed E-state index contributed by atoms with van der Waals surface area (Å²) in [5.74, 6) is -0.355. The summed E-state index contributed by atoms with van der Waals surface area (Å²) >= 11 is 0. The first-order chi connectivity index (χ1) is 11.9. The smallest absolute Gasteiger partial charge is 0.307 e. The summed E-state index contributed by atoms with van der Waals surface area (Å²) < 4.78 is 5.75. The molecule has 0 heterocycles. The fraction of sp³-hybridized carbons (Fsp3) is 0.300. The van der Waals surface area contributed by atoms with Gasteiger partial charge in [0.1, 0.15) is 5.75 Å². The Morgan fingerprint density at radius 1 is 1.12 bits per heavy atom. The van der Waals surface area contributed by atoms with E-state index in [1.165, 1.54) is 0 Å². The number of hydrogen-bond acceptors (Lipinski definition) is 3. The molecule has 0 spiro atoms. The van der Waals surface area contributed by atoms with E-state index in [0.717, 1.165) is 22.4 Å². The normalized spacial score (nSPS) is 10.4. The molecule has 0 aliphatic heterocycles. The van der Waals surface area contributed by atoms with Crippen molar-refractivity contribution in [2.45, 2.75) is 33.6 Å². The molecule has 1 amide bonds. The number of aliphatic carboxylic acids is 1. The summed E-state index contributed by atoms with van der Waals surface area (Å²) in [5.41, 5.74) is 4.44. The molecule has 5 heteroatoms. The molecule has 0 bridgehead atoms. The van der Waals surface area contributed by atoms with Crippen LogP contribution in [0.3, 0.4) is 0 Å². The maximum atomic E-state index is 12.1. The summed E-state index contributed by atoms with van der Waals surface area (Å²) in [6, 6.07) is 11.0. The highest BCUT2D eigenvalue weighted by atomic mass is 16.5. The highest BCUT2D eigenvalue weighted by Crippen LogP contribution is 2.23. The molecule has 2 N–H and O–H groups in total. The van der Waals surface area contributed by atoms with Crippen LogP contribution in [-0.2, 0) is 16.0 Å². The van der Waals surface area contributed by atoms with E-state index < -0.39 is 5.97 Å². The topological polar surface area (TPSA) is 75.6 Å². The molecule has 0 saturated carbocycles. The standard InChI is InChI=1S/C20H23NO4/c1-13-10-14(2)15(3)18(11-13)25-9-8-19(22)21-17-7-5-4-6-16(17)12-20(23)24/h4-7,10-11H,8-9,12H2,1-3H3,(H,21,22)(H,23,24). The number of anilines is 1. The fourth-order valence-electron chi connectivity index (χ4n) is 2.58. The predicted molar refractivity (Wildman–Crippen MR) is 97.2 cm³/mol. The zero-order valence-electron chi connectivity index (χ0n) is 14.8. The Morgan fingerprint density at radius 3 is 2.56 bits per heavy atom. The van der Waals surface area contributed by atoms with Crippen LogP contribution >= 0.6 is 0 Å². The molecule has 2 rings (SSSR count). The first kappa shape index (κ1) is 18.5. The van der Waals surface area contributed by atoms with Gasteiger partial charge in [-0.1, -0.05) is 24.3 Å². The third kappa shape index (κ3) is 5.35. The minimum atomic E-state index is -0.935. The molecule has 25 heavy (non-hydrogen) atoms. The lowest BCUT2D eigenvalue weighted by Crippen LogP contribution is -2.17. The third-order valence-corrected chi connectivity index (χ3v) is 3.98. The molecule has 2 aromatic rings. The first-order valence-electron chi connectivity index (χ1n) is 8.17. The van der Waals surface area contributed by atoms with Crippen molar-refractivity contribution in [3.8, 4) is 5.75 Å². The third-order valence-electron chi connectivity index (χ3n) is 3.98. The number of rotatable bonds is 7. The van der Waals surface area contributed by atoms with Crippen molar-refractivity contribution in [3.63, 3.8) is 0 Å². The van der Waals surface area contributed by atoms with E-state index in [1.807, 2.05) is 26.8 Å². The number of carboxylic acid groups (broad SMARTS) is 1. The van der Waals surface area contributed by atoms with Gasteiger partial charge >= 0.3 is 5.97 Å². The second-order valence-corrected chi connectivity index (χ2v) is 6.08. The average Bonchev–Trinajstić information content (AvgIpc) is 2.53. The Balaban J connectivity index is 1.93. The molecule has 0 aromatic heterocycles. The number of ether oxygens (including phenoxy) is 1. The molecule has 0 radical (unpaired) electrons. The highest BCUT2D eigenvalue weighted by molar-refractivity contribution is 5.92. The van der Waals surface area contributed by atoms with E-state index in [-0.39, 0.29) is 25.4 Å². The van der Waals surface area contributed by atoms with Crippen LogP contribution in [0.5, 0.6) is 5.75 Å². The maximum Gasteiger partial charge on any atom is 0.307 e. The largest absolute Gasteiger partial charge is 0.493 e. The maximum absolute atomic E-state index is 12.1. The summed E-state index contributed by atoms with van der Waals surface area (Å²) in [7, 11) is 0. The fourth-order valence-corrected chi connectivity index (χ4v) is 2.58. The van der Waals surface area contributed by atoms with Crippen LogP contribution in [0.1, 0.15) is 28.7 Å². The second-order valence-electron chi connectivity index (χ2n) is 6.08. The van der Waals surface area contributed by atoms with Crippen molar-refractivity contribution in [1.29, 1.82) is 0 Å². The Bertz CT molecular complexity index is 783. The quantitative estimate of drug-likeness (QED) is 0.806. The van der Waals surface area contributed by atoms with Crippen LogP contribution in [0.15, 0.2) is 36.4 Å². The van der Waals surface area contributed by atoms with Crippen LogP contribution in [0, 0.1) is 20.8 Å². The van der Waals surface area contributed by atoms with Crippen molar-refractivity contribution in [2.75, 3.05) is 11.9 Å². The number of amides is 1. The van der Waals surface area contributed by atoms with Crippen LogP contribution in [-0.4, -0.2) is 23.6 Å². The summed E-state index contributed by atoms with van der Waals surface area (Å²) in [6.07, 6.45) is 0.0581. The van der Waals surface area contributed by atoms with E-state index in [1.54, 1.807) is 24.3 Å². The van der Waals surface area contributed by atoms with Gasteiger partial charge in [-0.05, 0) is 55.2 Å². The van der Waals surface area contributed by atoms with Crippen LogP contribution in [0.4, 0.5) is 5.69 Å². The number of carbonyl (C=O) groups excluding carboxylic acids is 1. The number of para-hydroxylation sites is 1. The van der Waals surface area contributed by atoms with Crippen molar-refractivity contribution in [2.24, 2.45) is 0 Å². The average molecular weight is 341 g/mol. The zero-order chi connectivity index (χ0) is 18.4. The van der Waals surface area contributed by atoms with E-state index >= 15 is 0 Å². The van der Waals surface area contributed by atoms with Gasteiger partial charge in [-0.3, -0.25) is 9.59 Å². The molecule has 0 atom stereocenters. The monoisotopic (exact) mass is 341 g/mol. The zero-order valence-corrected chi connectivity index (χ0v) is 14.8. The van der Waals surface area contributed by atoms with E-state index in [9.17, 15) is 9.59 Å². The van der Waals surface area contributed by atoms with Gasteiger partial charge in [0.2, 0.25) is 5.91 Å². The lowest BCUT2D eigenvalue weighted by molar-refractivity contribution is -0.136. The minimum absolute atomic E-state index is 0.130. The van der Waals surface area contributed by atoms with Gasteiger partial charge < -0.3 is 15.2 Å². The molecular weight excluding hydrogens is 318 g/mol. The van der Waals surface area contributed by atoms with Gasteiger partial charge in [-0.2, -0.15) is 0 Å². The Hall–Kier alpha value is -2.82. The molecule has 0 saturated heterocycles. The Kier molecular flexibility index (Phi) is 6.17. The summed E-state index contributed by atoms with van der Waals surface area (Å²) in [4.78, 5) is 23.0. The number of hydrogen-bond donors (Lipinski definition) is 2. The van der Waals surface area contributed by atoms with Gasteiger partial charge in [-0.15, -0.1) is 0 Å². The van der Waals surface area contributed by atoms with Crippen molar-refractivity contribution < 1.29 is 19.4 Å². The van der Waals surface area contributed by atoms with Gasteiger partial charge in [0, 0.05) is 5.69 Å². The number of benzene rings is 2. The minimum Gasteiger partial charge on any atom is -0.493 e. The van der Waals surface area contributed by atoms with Crippen LogP contribution in [0.2, 0.25) is 0 Å². The Labute approximate surface area is 147 Å². The van der Waals surface area contributed by atoms with Crippen molar-refractivity contribution in [3.05, 3.63) is 58.7 Å². The van der Waals surface area contributed by atoms with Crippen LogP contribution < -0.4 is 10.1 Å². The van der Waals surface area contributed by atoms with E-state index in [0.29, 0.717) is 11.3 Å². The van der Waals surface area contributed by atoms with Gasteiger partial charge in [0.15, 0.2) is 0 Å². The molecule has 0 unspecified atom stereocenters. The first-order valence-corrected chi connectivity index (χ1v) is 8.17. The lowest BCUT2D eigenvalue weighted by atomic mass is 10.1. The van der Waals surface area contributed by atoms with E-state index in [2.05, 4.69) is 11.4 Å². The lowest BCUT2D eigenvalue weighted by Gasteiger charge is -2.13. The van der Waals surface area contributed by atoms with Crippen LogP contribution in [0.25, 0.3) is 0 Å². The second kappa shape index (κ2) is 8.33. The number of nitrogens with one attached hydrogen (secondary N) is 1.